The molecule has 0 heterocycles. The summed E-state index contributed by atoms with van der Waals surface area (Å²) in [6.45, 7) is 3.73. The summed E-state index contributed by atoms with van der Waals surface area (Å²) in [5.41, 5.74) is 4.50. The minimum Gasteiger partial charge on any atom is -0.339 e. The molecule has 8 nitrogen and oxygen atoms in total. The molecule has 0 bridgehead atoms. The van der Waals surface area contributed by atoms with E-state index < -0.39 is 22.8 Å². The summed E-state index contributed by atoms with van der Waals surface area (Å²) in [4.78, 5) is 35.4. The van der Waals surface area contributed by atoms with Crippen molar-refractivity contribution >= 4 is 35.0 Å². The van der Waals surface area contributed by atoms with Crippen molar-refractivity contribution in [3.63, 3.8) is 0 Å². The number of carbonyl (C=O) groups is 2. The molecule has 0 aliphatic rings. The number of thioether (sulfide) groups is 1. The average molecular weight is 429 g/mol. The van der Waals surface area contributed by atoms with Gasteiger partial charge in [-0.2, -0.15) is 16.9 Å². The number of amides is 2. The Balaban J connectivity index is 2.05. The van der Waals surface area contributed by atoms with Gasteiger partial charge in [-0.05, 0) is 31.0 Å². The van der Waals surface area contributed by atoms with E-state index in [9.17, 15) is 19.7 Å². The summed E-state index contributed by atoms with van der Waals surface area (Å²) in [6, 6.07) is 14.2. The lowest BCUT2D eigenvalue weighted by molar-refractivity contribution is -0.384. The van der Waals surface area contributed by atoms with Crippen molar-refractivity contribution in [2.24, 2.45) is 5.10 Å². The SMILES string of the molecule is CC/C(C)=N/NC(=O)C(CSCc1ccccc1)NC(=O)c1ccc([N+](=O)[O-])cc1. The first-order chi connectivity index (χ1) is 14.4. The van der Waals surface area contributed by atoms with E-state index in [1.165, 1.54) is 36.0 Å². The highest BCUT2D eigenvalue weighted by atomic mass is 32.2. The van der Waals surface area contributed by atoms with E-state index in [1.54, 1.807) is 6.92 Å². The standard InChI is InChI=1S/C21H24N4O4S/c1-3-15(2)23-24-21(27)19(14-30-13-16-7-5-4-6-8-16)22-20(26)17-9-11-18(12-10-17)25(28)29/h4-12,19H,3,13-14H2,1-2H3,(H,22,26)(H,24,27)/b23-15+. The average Bonchev–Trinajstić information content (AvgIpc) is 2.77. The molecule has 2 amide bonds. The first-order valence-corrected chi connectivity index (χ1v) is 10.6. The van der Waals surface area contributed by atoms with Crippen LogP contribution in [-0.2, 0) is 10.5 Å². The van der Waals surface area contributed by atoms with Gasteiger partial charge >= 0.3 is 0 Å². The second-order valence-electron chi connectivity index (χ2n) is 6.51. The van der Waals surface area contributed by atoms with Gasteiger partial charge in [0.25, 0.3) is 17.5 Å². The smallest absolute Gasteiger partial charge is 0.269 e. The summed E-state index contributed by atoms with van der Waals surface area (Å²) in [6.07, 6.45) is 0.697. The molecule has 0 saturated heterocycles. The van der Waals surface area contributed by atoms with Crippen molar-refractivity contribution in [1.29, 1.82) is 0 Å². The molecule has 0 spiro atoms. The Hall–Kier alpha value is -3.20. The van der Waals surface area contributed by atoms with Crippen molar-refractivity contribution in [2.75, 3.05) is 5.75 Å². The number of benzene rings is 2. The Morgan fingerprint density at radius 1 is 1.13 bits per heavy atom. The minimum absolute atomic E-state index is 0.108. The lowest BCUT2D eigenvalue weighted by Gasteiger charge is -2.17. The summed E-state index contributed by atoms with van der Waals surface area (Å²) in [5, 5.41) is 17.5. The first kappa shape index (κ1) is 23.1. The monoisotopic (exact) mass is 428 g/mol. The minimum atomic E-state index is -0.810. The molecule has 0 fully saturated rings. The Kier molecular flexibility index (Phi) is 9.02. The van der Waals surface area contributed by atoms with Gasteiger partial charge in [-0.3, -0.25) is 19.7 Å². The number of hydrogen-bond acceptors (Lipinski definition) is 6. The number of hydrogen-bond donors (Lipinski definition) is 2. The summed E-state index contributed by atoms with van der Waals surface area (Å²) in [5.74, 6) is 0.135. The van der Waals surface area contributed by atoms with Crippen LogP contribution >= 0.6 is 11.8 Å². The quantitative estimate of drug-likeness (QED) is 0.341. The highest BCUT2D eigenvalue weighted by Crippen LogP contribution is 2.15. The van der Waals surface area contributed by atoms with Gasteiger partial charge < -0.3 is 5.32 Å². The van der Waals surface area contributed by atoms with Gasteiger partial charge in [0.15, 0.2) is 0 Å². The number of nitrogens with zero attached hydrogens (tertiary/aromatic N) is 2. The fraction of sp³-hybridized carbons (Fsp3) is 0.286. The number of nitrogens with one attached hydrogen (secondary N) is 2. The van der Waals surface area contributed by atoms with Crippen LogP contribution < -0.4 is 10.7 Å². The molecule has 0 saturated carbocycles. The second-order valence-corrected chi connectivity index (χ2v) is 7.54. The fourth-order valence-electron chi connectivity index (χ4n) is 2.34. The van der Waals surface area contributed by atoms with Crippen LogP contribution in [0.15, 0.2) is 59.7 Å². The van der Waals surface area contributed by atoms with Crippen LogP contribution in [0.5, 0.6) is 0 Å². The van der Waals surface area contributed by atoms with E-state index >= 15 is 0 Å². The van der Waals surface area contributed by atoms with Crippen molar-refractivity contribution in [3.8, 4) is 0 Å². The first-order valence-electron chi connectivity index (χ1n) is 9.40. The third kappa shape index (κ3) is 7.32. The fourth-order valence-corrected chi connectivity index (χ4v) is 3.35. The zero-order chi connectivity index (χ0) is 21.9. The molecular weight excluding hydrogens is 404 g/mol. The molecule has 0 radical (unpaired) electrons. The highest BCUT2D eigenvalue weighted by molar-refractivity contribution is 7.98. The molecule has 1 unspecified atom stereocenters. The van der Waals surface area contributed by atoms with Gasteiger partial charge in [-0.25, -0.2) is 5.43 Å². The number of non-ortho nitro benzene ring substituents is 1. The Labute approximate surface area is 179 Å². The van der Waals surface area contributed by atoms with Crippen molar-refractivity contribution < 1.29 is 14.5 Å². The van der Waals surface area contributed by atoms with Crippen molar-refractivity contribution in [2.45, 2.75) is 32.1 Å². The maximum absolute atomic E-state index is 12.6. The molecule has 30 heavy (non-hydrogen) atoms. The van der Waals surface area contributed by atoms with Gasteiger partial charge in [0.1, 0.15) is 6.04 Å². The molecule has 2 rings (SSSR count). The molecule has 0 aliphatic heterocycles. The van der Waals surface area contributed by atoms with E-state index in [-0.39, 0.29) is 11.3 Å². The van der Waals surface area contributed by atoms with Crippen molar-refractivity contribution in [1.82, 2.24) is 10.7 Å². The molecular formula is C21H24N4O4S. The van der Waals surface area contributed by atoms with Gasteiger partial charge in [0.05, 0.1) is 4.92 Å². The van der Waals surface area contributed by atoms with Gasteiger partial charge in [0, 0.05) is 34.9 Å². The number of nitro groups is 1. The lowest BCUT2D eigenvalue weighted by atomic mass is 10.2. The van der Waals surface area contributed by atoms with E-state index in [0.717, 1.165) is 11.3 Å². The Morgan fingerprint density at radius 3 is 2.40 bits per heavy atom. The maximum Gasteiger partial charge on any atom is 0.269 e. The Bertz CT molecular complexity index is 901. The second kappa shape index (κ2) is 11.7. The number of rotatable bonds is 10. The predicted octanol–water partition coefficient (Wildman–Crippen LogP) is 3.53. The van der Waals surface area contributed by atoms with Gasteiger partial charge in [-0.15, -0.1) is 0 Å². The third-order valence-electron chi connectivity index (χ3n) is 4.23. The van der Waals surface area contributed by atoms with Crippen LogP contribution in [0.1, 0.15) is 36.2 Å². The van der Waals surface area contributed by atoms with Gasteiger partial charge in [0.2, 0.25) is 0 Å². The third-order valence-corrected chi connectivity index (χ3v) is 5.33. The van der Waals surface area contributed by atoms with E-state index in [1.807, 2.05) is 37.3 Å². The molecule has 9 heteroatoms. The van der Waals surface area contributed by atoms with Crippen LogP contribution in [0, 0.1) is 10.1 Å². The van der Waals surface area contributed by atoms with Crippen LogP contribution in [0.3, 0.4) is 0 Å². The van der Waals surface area contributed by atoms with Crippen LogP contribution in [0.2, 0.25) is 0 Å². The normalized spacial score (nSPS) is 12.1. The molecule has 158 valence electrons. The van der Waals surface area contributed by atoms with E-state index in [4.69, 9.17) is 0 Å². The van der Waals surface area contributed by atoms with E-state index in [0.29, 0.717) is 17.9 Å². The maximum atomic E-state index is 12.6. The largest absolute Gasteiger partial charge is 0.339 e. The van der Waals surface area contributed by atoms with Crippen LogP contribution in [-0.4, -0.2) is 34.2 Å². The van der Waals surface area contributed by atoms with Gasteiger partial charge in [-0.1, -0.05) is 37.3 Å². The molecule has 2 aromatic rings. The number of nitro benzene ring substituents is 1. The zero-order valence-electron chi connectivity index (χ0n) is 16.8. The molecule has 0 aliphatic carbocycles. The van der Waals surface area contributed by atoms with Crippen molar-refractivity contribution in [3.05, 3.63) is 75.8 Å². The highest BCUT2D eigenvalue weighted by Gasteiger charge is 2.22. The topological polar surface area (TPSA) is 114 Å². The molecule has 0 aromatic heterocycles. The summed E-state index contributed by atoms with van der Waals surface area (Å²) in [7, 11) is 0. The van der Waals surface area contributed by atoms with E-state index in [2.05, 4.69) is 15.8 Å². The number of carbonyl (C=O) groups excluding carboxylic acids is 2. The Morgan fingerprint density at radius 2 is 1.80 bits per heavy atom. The lowest BCUT2D eigenvalue weighted by Crippen LogP contribution is -2.47. The molecule has 2 aromatic carbocycles. The zero-order valence-corrected chi connectivity index (χ0v) is 17.6. The molecule has 1 atom stereocenters. The van der Waals surface area contributed by atoms with Crippen LogP contribution in [0.25, 0.3) is 0 Å². The number of hydrazone groups is 1. The predicted molar refractivity (Wildman–Crippen MR) is 118 cm³/mol. The summed E-state index contributed by atoms with van der Waals surface area (Å²) < 4.78 is 0. The molecule has 2 N–H and O–H groups in total. The summed E-state index contributed by atoms with van der Waals surface area (Å²) >= 11 is 1.51. The van der Waals surface area contributed by atoms with Crippen LogP contribution in [0.4, 0.5) is 5.69 Å².